The van der Waals surface area contributed by atoms with Gasteiger partial charge in [-0.15, -0.1) is 0 Å². The summed E-state index contributed by atoms with van der Waals surface area (Å²) in [5.74, 6) is 0.296. The van der Waals surface area contributed by atoms with E-state index in [-0.39, 0.29) is 4.90 Å². The highest BCUT2D eigenvalue weighted by molar-refractivity contribution is 7.87. The summed E-state index contributed by atoms with van der Waals surface area (Å²) in [6.45, 7) is 3.68. The normalized spacial score (nSPS) is 11.6. The van der Waals surface area contributed by atoms with E-state index < -0.39 is 15.7 Å². The molecule has 2 aromatic carbocycles. The van der Waals surface area contributed by atoms with Crippen molar-refractivity contribution in [1.82, 2.24) is 0 Å². The first kappa shape index (κ1) is 15.3. The Balaban J connectivity index is 2.04. The van der Waals surface area contributed by atoms with E-state index in [1.54, 1.807) is 19.1 Å². The lowest BCUT2D eigenvalue weighted by molar-refractivity contribution is 0.484. The highest BCUT2D eigenvalue weighted by atomic mass is 32.2. The fraction of sp³-hybridized carbons (Fsp3) is 0.118. The van der Waals surface area contributed by atoms with E-state index in [2.05, 4.69) is 0 Å². The van der Waals surface area contributed by atoms with Crippen LogP contribution in [-0.4, -0.2) is 8.42 Å². The molecule has 1 aromatic heterocycles. The molecule has 0 atom stereocenters. The maximum atomic E-state index is 12.5. The molecule has 0 N–H and O–H groups in total. The van der Waals surface area contributed by atoms with Gasteiger partial charge in [-0.3, -0.25) is 0 Å². The Bertz CT molecular complexity index is 1050. The molecule has 3 aromatic rings. The summed E-state index contributed by atoms with van der Waals surface area (Å²) in [6, 6.07) is 12.2. The molecule has 0 unspecified atom stereocenters. The van der Waals surface area contributed by atoms with Gasteiger partial charge in [0.2, 0.25) is 0 Å². The molecular formula is C17H14O5S. The van der Waals surface area contributed by atoms with Gasteiger partial charge in [-0.1, -0.05) is 12.1 Å². The SMILES string of the molecule is Cc1cccc(OS(=O)(=O)c2ccc3oc(=O)ccc3c2)c1C. The van der Waals surface area contributed by atoms with E-state index in [1.807, 2.05) is 13.0 Å². The zero-order chi connectivity index (χ0) is 16.6. The van der Waals surface area contributed by atoms with Crippen LogP contribution < -0.4 is 9.81 Å². The second kappa shape index (κ2) is 5.55. The summed E-state index contributed by atoms with van der Waals surface area (Å²) < 4.78 is 35.2. The van der Waals surface area contributed by atoms with E-state index in [1.165, 1.54) is 30.3 Å². The van der Waals surface area contributed by atoms with Crippen LogP contribution in [0.4, 0.5) is 0 Å². The van der Waals surface area contributed by atoms with Gasteiger partial charge in [0.1, 0.15) is 16.2 Å². The lowest BCUT2D eigenvalue weighted by Crippen LogP contribution is -2.11. The van der Waals surface area contributed by atoms with Crippen LogP contribution in [0.3, 0.4) is 0 Å². The Kier molecular flexibility index (Phi) is 3.69. The average Bonchev–Trinajstić information content (AvgIpc) is 2.51. The molecule has 0 saturated carbocycles. The topological polar surface area (TPSA) is 73.6 Å². The van der Waals surface area contributed by atoms with E-state index >= 15 is 0 Å². The van der Waals surface area contributed by atoms with Gasteiger partial charge in [-0.25, -0.2) is 4.79 Å². The third-order valence-corrected chi connectivity index (χ3v) is 4.86. The number of fused-ring (bicyclic) bond motifs is 1. The Morgan fingerprint density at radius 3 is 2.57 bits per heavy atom. The molecule has 0 aliphatic heterocycles. The molecule has 1 heterocycles. The van der Waals surface area contributed by atoms with Crippen molar-refractivity contribution in [3.63, 3.8) is 0 Å². The van der Waals surface area contributed by atoms with Gasteiger partial charge < -0.3 is 8.60 Å². The predicted octanol–water partition coefficient (Wildman–Crippen LogP) is 3.18. The zero-order valence-corrected chi connectivity index (χ0v) is 13.4. The fourth-order valence-electron chi connectivity index (χ4n) is 2.19. The van der Waals surface area contributed by atoms with Gasteiger partial charge in [-0.2, -0.15) is 8.42 Å². The molecule has 118 valence electrons. The Morgan fingerprint density at radius 1 is 1.00 bits per heavy atom. The monoisotopic (exact) mass is 330 g/mol. The molecule has 0 fully saturated rings. The quantitative estimate of drug-likeness (QED) is 0.545. The Morgan fingerprint density at radius 2 is 1.78 bits per heavy atom. The summed E-state index contributed by atoms with van der Waals surface area (Å²) in [5, 5.41) is 0.509. The van der Waals surface area contributed by atoms with Crippen LogP contribution >= 0.6 is 0 Å². The molecule has 0 spiro atoms. The van der Waals surface area contributed by atoms with E-state index in [4.69, 9.17) is 8.60 Å². The van der Waals surface area contributed by atoms with Gasteiger partial charge in [-0.05, 0) is 55.3 Å². The van der Waals surface area contributed by atoms with Crippen molar-refractivity contribution < 1.29 is 17.0 Å². The largest absolute Gasteiger partial charge is 0.423 e. The summed E-state index contributed by atoms with van der Waals surface area (Å²) >= 11 is 0. The third-order valence-electron chi connectivity index (χ3n) is 3.63. The lowest BCUT2D eigenvalue weighted by Gasteiger charge is -2.11. The molecular weight excluding hydrogens is 316 g/mol. The Labute approximate surface area is 133 Å². The van der Waals surface area contributed by atoms with Gasteiger partial charge in [0.25, 0.3) is 0 Å². The zero-order valence-electron chi connectivity index (χ0n) is 12.6. The molecule has 0 radical (unpaired) electrons. The fourth-order valence-corrected chi connectivity index (χ4v) is 3.21. The number of aryl methyl sites for hydroxylation is 1. The molecule has 23 heavy (non-hydrogen) atoms. The number of rotatable bonds is 3. The molecule has 0 amide bonds. The summed E-state index contributed by atoms with van der Waals surface area (Å²) in [5.41, 5.74) is 1.55. The second-order valence-corrected chi connectivity index (χ2v) is 6.74. The van der Waals surface area contributed by atoms with E-state index in [0.717, 1.165) is 11.1 Å². The maximum Gasteiger partial charge on any atom is 0.339 e. The standard InChI is InChI=1S/C17H14O5S/c1-11-4-3-5-15(12(11)2)22-23(19,20)14-7-8-16-13(10-14)6-9-17(18)21-16/h3-10H,1-2H3. The van der Waals surface area contributed by atoms with Crippen LogP contribution in [-0.2, 0) is 10.1 Å². The van der Waals surface area contributed by atoms with Crippen molar-refractivity contribution in [3.05, 3.63) is 70.1 Å². The highest BCUT2D eigenvalue weighted by Gasteiger charge is 2.19. The van der Waals surface area contributed by atoms with Crippen LogP contribution in [0.15, 0.2) is 62.6 Å². The van der Waals surface area contributed by atoms with Gasteiger partial charge >= 0.3 is 15.7 Å². The summed E-state index contributed by atoms with van der Waals surface area (Å²) in [7, 11) is -3.97. The number of hydrogen-bond acceptors (Lipinski definition) is 5. The smallest absolute Gasteiger partial charge is 0.339 e. The molecule has 0 bridgehead atoms. The first-order valence-electron chi connectivity index (χ1n) is 6.91. The minimum atomic E-state index is -3.97. The first-order chi connectivity index (χ1) is 10.9. The maximum absolute atomic E-state index is 12.5. The van der Waals surface area contributed by atoms with Crippen LogP contribution in [0.2, 0.25) is 0 Å². The van der Waals surface area contributed by atoms with Crippen LogP contribution in [0.1, 0.15) is 11.1 Å². The molecule has 6 heteroatoms. The van der Waals surface area contributed by atoms with Gasteiger partial charge in [0.05, 0.1) is 0 Å². The van der Waals surface area contributed by atoms with Crippen molar-refractivity contribution in [2.75, 3.05) is 0 Å². The van der Waals surface area contributed by atoms with Crippen LogP contribution in [0, 0.1) is 13.8 Å². The minimum Gasteiger partial charge on any atom is -0.423 e. The summed E-state index contributed by atoms with van der Waals surface area (Å²) in [6.07, 6.45) is 0. The van der Waals surface area contributed by atoms with Crippen molar-refractivity contribution in [2.24, 2.45) is 0 Å². The third kappa shape index (κ3) is 2.98. The highest BCUT2D eigenvalue weighted by Crippen LogP contribution is 2.26. The molecule has 5 nitrogen and oxygen atoms in total. The summed E-state index contributed by atoms with van der Waals surface area (Å²) in [4.78, 5) is 11.2. The van der Waals surface area contributed by atoms with Gasteiger partial charge in [0, 0.05) is 11.5 Å². The van der Waals surface area contributed by atoms with Gasteiger partial charge in [0.15, 0.2) is 0 Å². The number of benzene rings is 2. The molecule has 3 rings (SSSR count). The van der Waals surface area contributed by atoms with E-state index in [0.29, 0.717) is 16.7 Å². The molecule has 0 aliphatic carbocycles. The van der Waals surface area contributed by atoms with Crippen molar-refractivity contribution in [3.8, 4) is 5.75 Å². The van der Waals surface area contributed by atoms with Crippen LogP contribution in [0.5, 0.6) is 5.75 Å². The van der Waals surface area contributed by atoms with E-state index in [9.17, 15) is 13.2 Å². The predicted molar refractivity (Wildman–Crippen MR) is 86.2 cm³/mol. The van der Waals surface area contributed by atoms with Crippen molar-refractivity contribution >= 4 is 21.1 Å². The van der Waals surface area contributed by atoms with Crippen LogP contribution in [0.25, 0.3) is 11.0 Å². The Hall–Kier alpha value is -2.60. The lowest BCUT2D eigenvalue weighted by atomic mass is 10.1. The average molecular weight is 330 g/mol. The molecule has 0 aliphatic rings. The number of hydrogen-bond donors (Lipinski definition) is 0. The molecule has 0 saturated heterocycles. The first-order valence-corrected chi connectivity index (χ1v) is 8.32. The van der Waals surface area contributed by atoms with Crippen molar-refractivity contribution in [1.29, 1.82) is 0 Å². The van der Waals surface area contributed by atoms with Crippen molar-refractivity contribution in [2.45, 2.75) is 18.7 Å². The minimum absolute atomic E-state index is 0.000227. The second-order valence-electron chi connectivity index (χ2n) is 5.19.